The largest absolute Gasteiger partial charge is 0.376 e. The van der Waals surface area contributed by atoms with Crippen molar-refractivity contribution in [2.45, 2.75) is 57.1 Å². The molecule has 2 N–H and O–H groups in total. The van der Waals surface area contributed by atoms with Gasteiger partial charge in [0.1, 0.15) is 12.4 Å². The van der Waals surface area contributed by atoms with Gasteiger partial charge >= 0.3 is 0 Å². The molecule has 1 aliphatic carbocycles. The Bertz CT molecular complexity index is 821. The van der Waals surface area contributed by atoms with E-state index in [1.165, 1.54) is 24.8 Å². The Hall–Kier alpha value is -2.41. The third kappa shape index (κ3) is 4.61. The molecule has 2 aromatic rings. The third-order valence-corrected chi connectivity index (χ3v) is 6.37. The van der Waals surface area contributed by atoms with E-state index in [1.54, 1.807) is 0 Å². The zero-order valence-electron chi connectivity index (χ0n) is 17.5. The number of nitrogens with one attached hydrogen (secondary N) is 2. The van der Waals surface area contributed by atoms with Crippen molar-refractivity contribution in [1.82, 2.24) is 25.4 Å². The Morgan fingerprint density at radius 3 is 2.66 bits per heavy atom. The highest BCUT2D eigenvalue weighted by atomic mass is 16.5. The van der Waals surface area contributed by atoms with Crippen molar-refractivity contribution in [3.63, 3.8) is 0 Å². The minimum Gasteiger partial charge on any atom is -0.376 e. The summed E-state index contributed by atoms with van der Waals surface area (Å²) in [6, 6.07) is 10.9. The summed E-state index contributed by atoms with van der Waals surface area (Å²) in [6.45, 7) is 4.97. The summed E-state index contributed by atoms with van der Waals surface area (Å²) in [7, 11) is 1.98. The second-order valence-electron chi connectivity index (χ2n) is 8.26. The molecule has 7 heteroatoms. The van der Waals surface area contributed by atoms with E-state index in [4.69, 9.17) is 9.73 Å². The molecular formula is C22H32N6O. The van der Waals surface area contributed by atoms with E-state index in [0.29, 0.717) is 6.54 Å². The molecule has 156 valence electrons. The van der Waals surface area contributed by atoms with Crippen molar-refractivity contribution in [3.8, 4) is 0 Å². The van der Waals surface area contributed by atoms with Gasteiger partial charge in [0, 0.05) is 32.2 Å². The number of hydrogen-bond donors (Lipinski definition) is 2. The van der Waals surface area contributed by atoms with E-state index in [0.717, 1.165) is 50.1 Å². The Kier molecular flexibility index (Phi) is 6.13. The molecule has 0 radical (unpaired) electrons. The fourth-order valence-corrected chi connectivity index (χ4v) is 4.14. The molecule has 2 aliphatic rings. The normalized spacial score (nSPS) is 21.0. The summed E-state index contributed by atoms with van der Waals surface area (Å²) in [5.41, 5.74) is 1.62. The maximum atomic E-state index is 5.76. The lowest BCUT2D eigenvalue weighted by Gasteiger charge is -2.43. The molecule has 0 bridgehead atoms. The number of rotatable bonds is 7. The average molecular weight is 397 g/mol. The third-order valence-electron chi connectivity index (χ3n) is 6.37. The zero-order valence-corrected chi connectivity index (χ0v) is 17.5. The molecule has 1 aromatic heterocycles. The first-order valence-electron chi connectivity index (χ1n) is 10.7. The molecule has 0 spiro atoms. The van der Waals surface area contributed by atoms with E-state index in [-0.39, 0.29) is 11.5 Å². The molecule has 4 rings (SSSR count). The van der Waals surface area contributed by atoms with Gasteiger partial charge in [-0.15, -0.1) is 10.2 Å². The second-order valence-corrected chi connectivity index (χ2v) is 8.26. The van der Waals surface area contributed by atoms with Crippen LogP contribution in [0.15, 0.2) is 35.3 Å². The van der Waals surface area contributed by atoms with Crippen LogP contribution in [0.1, 0.15) is 49.3 Å². The highest BCUT2D eigenvalue weighted by molar-refractivity contribution is 5.80. The standard InChI is InChI=1S/C22H32N6O/c1-17-26-27-20(28(17)2)15-24-21(23-14-19-10-6-13-29-19)25-16-22(11-7-12-22)18-8-4-3-5-9-18/h3-5,8-9,19H,6-7,10-16H2,1-2H3,(H2,23,24,25). The summed E-state index contributed by atoms with van der Waals surface area (Å²) in [4.78, 5) is 4.80. The Morgan fingerprint density at radius 1 is 1.21 bits per heavy atom. The van der Waals surface area contributed by atoms with Gasteiger partial charge in [0.15, 0.2) is 11.8 Å². The van der Waals surface area contributed by atoms with Crippen molar-refractivity contribution >= 4 is 5.96 Å². The molecule has 1 saturated carbocycles. The molecule has 7 nitrogen and oxygen atoms in total. The zero-order chi connectivity index (χ0) is 20.1. The fraction of sp³-hybridized carbons (Fsp3) is 0.591. The lowest BCUT2D eigenvalue weighted by molar-refractivity contribution is 0.113. The molecule has 29 heavy (non-hydrogen) atoms. The first-order chi connectivity index (χ1) is 14.2. The maximum absolute atomic E-state index is 5.76. The summed E-state index contributed by atoms with van der Waals surface area (Å²) >= 11 is 0. The SMILES string of the molecule is Cc1nnc(CN=C(NCC2CCCO2)NCC2(c3ccccc3)CCC2)n1C. The van der Waals surface area contributed by atoms with Gasteiger partial charge in [-0.2, -0.15) is 0 Å². The molecule has 1 saturated heterocycles. The second kappa shape index (κ2) is 8.95. The van der Waals surface area contributed by atoms with Crippen molar-refractivity contribution in [3.05, 3.63) is 47.5 Å². The highest BCUT2D eigenvalue weighted by Crippen LogP contribution is 2.43. The fourth-order valence-electron chi connectivity index (χ4n) is 4.14. The van der Waals surface area contributed by atoms with Crippen LogP contribution in [-0.2, 0) is 23.7 Å². The molecule has 2 fully saturated rings. The van der Waals surface area contributed by atoms with Gasteiger partial charge < -0.3 is 19.9 Å². The lowest BCUT2D eigenvalue weighted by Crippen LogP contribution is -2.50. The maximum Gasteiger partial charge on any atom is 0.191 e. The highest BCUT2D eigenvalue weighted by Gasteiger charge is 2.38. The number of guanidine groups is 1. The monoisotopic (exact) mass is 396 g/mol. The van der Waals surface area contributed by atoms with Crippen LogP contribution in [0.4, 0.5) is 0 Å². The van der Waals surface area contributed by atoms with Crippen LogP contribution in [0.2, 0.25) is 0 Å². The van der Waals surface area contributed by atoms with Crippen LogP contribution in [0.3, 0.4) is 0 Å². The molecule has 1 unspecified atom stereocenters. The van der Waals surface area contributed by atoms with Gasteiger partial charge in [-0.05, 0) is 38.2 Å². The Balaban J connectivity index is 1.44. The number of benzene rings is 1. The molecule has 2 heterocycles. The van der Waals surface area contributed by atoms with E-state index in [2.05, 4.69) is 51.2 Å². The van der Waals surface area contributed by atoms with E-state index >= 15 is 0 Å². The van der Waals surface area contributed by atoms with Crippen LogP contribution in [0, 0.1) is 6.92 Å². The van der Waals surface area contributed by atoms with Gasteiger partial charge in [0.05, 0.1) is 6.10 Å². The number of ether oxygens (including phenoxy) is 1. The van der Waals surface area contributed by atoms with Gasteiger partial charge in [0.25, 0.3) is 0 Å². The molecule has 1 aromatic carbocycles. The average Bonchev–Trinajstić information content (AvgIpc) is 3.34. The summed E-state index contributed by atoms with van der Waals surface area (Å²) < 4.78 is 7.75. The quantitative estimate of drug-likeness (QED) is 0.555. The van der Waals surface area contributed by atoms with Gasteiger partial charge in [-0.25, -0.2) is 4.99 Å². The van der Waals surface area contributed by atoms with Crippen molar-refractivity contribution in [1.29, 1.82) is 0 Å². The number of aryl methyl sites for hydroxylation is 1. The van der Waals surface area contributed by atoms with Crippen LogP contribution in [0.25, 0.3) is 0 Å². The number of aliphatic imine (C=N–C) groups is 1. The Morgan fingerprint density at radius 2 is 2.03 bits per heavy atom. The van der Waals surface area contributed by atoms with E-state index < -0.39 is 0 Å². The van der Waals surface area contributed by atoms with Crippen LogP contribution >= 0.6 is 0 Å². The van der Waals surface area contributed by atoms with Crippen molar-refractivity contribution < 1.29 is 4.74 Å². The predicted molar refractivity (Wildman–Crippen MR) is 114 cm³/mol. The molecule has 1 atom stereocenters. The van der Waals surface area contributed by atoms with Gasteiger partial charge in [-0.1, -0.05) is 36.8 Å². The van der Waals surface area contributed by atoms with E-state index in [9.17, 15) is 0 Å². The Labute approximate surface area is 173 Å². The number of aromatic nitrogens is 3. The van der Waals surface area contributed by atoms with Crippen molar-refractivity contribution in [2.24, 2.45) is 12.0 Å². The smallest absolute Gasteiger partial charge is 0.191 e. The first-order valence-corrected chi connectivity index (χ1v) is 10.7. The van der Waals surface area contributed by atoms with Gasteiger partial charge in [-0.3, -0.25) is 0 Å². The summed E-state index contributed by atoms with van der Waals surface area (Å²) in [5.74, 6) is 2.58. The topological polar surface area (TPSA) is 76.4 Å². The summed E-state index contributed by atoms with van der Waals surface area (Å²) in [5, 5.41) is 15.5. The molecule has 0 amide bonds. The molecular weight excluding hydrogens is 364 g/mol. The minimum absolute atomic E-state index is 0.203. The molecule has 1 aliphatic heterocycles. The van der Waals surface area contributed by atoms with Gasteiger partial charge in [0.2, 0.25) is 0 Å². The van der Waals surface area contributed by atoms with Crippen LogP contribution in [0.5, 0.6) is 0 Å². The lowest BCUT2D eigenvalue weighted by atomic mass is 9.64. The minimum atomic E-state index is 0.203. The van der Waals surface area contributed by atoms with E-state index in [1.807, 2.05) is 18.5 Å². The summed E-state index contributed by atoms with van der Waals surface area (Å²) in [6.07, 6.45) is 6.23. The predicted octanol–water partition coefficient (Wildman–Crippen LogP) is 2.46. The van der Waals surface area contributed by atoms with Crippen LogP contribution < -0.4 is 10.6 Å². The number of nitrogens with zero attached hydrogens (tertiary/aromatic N) is 4. The van der Waals surface area contributed by atoms with Crippen LogP contribution in [-0.4, -0.2) is 46.5 Å². The number of hydrogen-bond acceptors (Lipinski definition) is 4. The first kappa shape index (κ1) is 19.9. The van der Waals surface area contributed by atoms with Crippen molar-refractivity contribution in [2.75, 3.05) is 19.7 Å².